The normalized spacial score (nSPS) is 21.3. The lowest BCUT2D eigenvalue weighted by Crippen LogP contribution is -2.38. The first-order chi connectivity index (χ1) is 15.9. The number of benzene rings is 1. The number of fused-ring (bicyclic) bond motifs is 1. The molecule has 1 unspecified atom stereocenters. The number of alkyl halides is 2. The lowest BCUT2D eigenvalue weighted by molar-refractivity contribution is 0.177. The van der Waals surface area contributed by atoms with Crippen LogP contribution in [0.3, 0.4) is 0 Å². The Morgan fingerprint density at radius 2 is 1.94 bits per heavy atom. The van der Waals surface area contributed by atoms with Gasteiger partial charge in [0.25, 0.3) is 6.43 Å². The molecule has 4 nitrogen and oxygen atoms in total. The van der Waals surface area contributed by atoms with Gasteiger partial charge in [-0.25, -0.2) is 8.78 Å². The third-order valence-corrected chi connectivity index (χ3v) is 7.37. The highest BCUT2D eigenvalue weighted by Crippen LogP contribution is 2.45. The quantitative estimate of drug-likeness (QED) is 0.521. The Bertz CT molecular complexity index is 1010. The molecule has 0 fully saturated rings. The van der Waals surface area contributed by atoms with Crippen LogP contribution in [0.15, 0.2) is 46.7 Å². The summed E-state index contributed by atoms with van der Waals surface area (Å²) in [5.74, 6) is -0.398. The zero-order valence-corrected chi connectivity index (χ0v) is 20.3. The molecule has 1 atom stereocenters. The second kappa shape index (κ2) is 9.70. The molecule has 4 rings (SSSR count). The van der Waals surface area contributed by atoms with E-state index in [1.807, 2.05) is 6.92 Å². The maximum atomic E-state index is 14.2. The van der Waals surface area contributed by atoms with Gasteiger partial charge < -0.3 is 20.1 Å². The topological polar surface area (TPSA) is 33.6 Å². The molecule has 1 N–H and O–H groups in total. The smallest absolute Gasteiger partial charge is 0.260 e. The SMILES string of the molecule is C/C=C(\C=N)C1CC2=C(C=C1C(F)F)N(c1cc(CCC)c3c(c1)N(C)CCN3C)CCC2. The van der Waals surface area contributed by atoms with Crippen LogP contribution in [0.25, 0.3) is 0 Å². The van der Waals surface area contributed by atoms with Crippen molar-refractivity contribution in [3.63, 3.8) is 0 Å². The minimum absolute atomic E-state index is 0.140. The summed E-state index contributed by atoms with van der Waals surface area (Å²) in [5, 5.41) is 7.72. The van der Waals surface area contributed by atoms with E-state index < -0.39 is 12.3 Å². The molecule has 1 aromatic rings. The monoisotopic (exact) mass is 454 g/mol. The highest BCUT2D eigenvalue weighted by atomic mass is 19.3. The summed E-state index contributed by atoms with van der Waals surface area (Å²) in [4.78, 5) is 6.93. The van der Waals surface area contributed by atoms with E-state index in [0.29, 0.717) is 12.0 Å². The van der Waals surface area contributed by atoms with Gasteiger partial charge in [0.1, 0.15) is 0 Å². The number of likely N-dealkylation sites (N-methyl/N-ethyl adjacent to an activating group) is 2. The summed E-state index contributed by atoms with van der Waals surface area (Å²) in [6, 6.07) is 4.53. The molecule has 33 heavy (non-hydrogen) atoms. The van der Waals surface area contributed by atoms with Gasteiger partial charge in [-0.3, -0.25) is 0 Å². The van der Waals surface area contributed by atoms with Crippen LogP contribution in [-0.4, -0.2) is 46.4 Å². The van der Waals surface area contributed by atoms with Gasteiger partial charge in [-0.05, 0) is 67.5 Å². The Morgan fingerprint density at radius 3 is 2.61 bits per heavy atom. The molecule has 6 heteroatoms. The van der Waals surface area contributed by atoms with Gasteiger partial charge in [0.2, 0.25) is 0 Å². The molecule has 178 valence electrons. The molecule has 0 aromatic heterocycles. The lowest BCUT2D eigenvalue weighted by Gasteiger charge is -2.41. The van der Waals surface area contributed by atoms with E-state index in [0.717, 1.165) is 56.7 Å². The Morgan fingerprint density at radius 1 is 1.18 bits per heavy atom. The van der Waals surface area contributed by atoms with Crippen LogP contribution < -0.4 is 14.7 Å². The summed E-state index contributed by atoms with van der Waals surface area (Å²) in [7, 11) is 4.30. The first-order valence-electron chi connectivity index (χ1n) is 12.1. The molecule has 2 aliphatic heterocycles. The highest BCUT2D eigenvalue weighted by molar-refractivity contribution is 5.82. The van der Waals surface area contributed by atoms with Gasteiger partial charge in [0.05, 0.1) is 11.4 Å². The maximum Gasteiger partial charge on any atom is 0.260 e. The minimum Gasteiger partial charge on any atom is -0.371 e. The van der Waals surface area contributed by atoms with Crippen molar-refractivity contribution in [3.05, 3.63) is 52.3 Å². The van der Waals surface area contributed by atoms with Crippen molar-refractivity contribution < 1.29 is 8.78 Å². The molecule has 3 aliphatic rings. The molecule has 0 spiro atoms. The fraction of sp³-hybridized carbons (Fsp3) is 0.519. The van der Waals surface area contributed by atoms with E-state index in [1.54, 1.807) is 12.2 Å². The van der Waals surface area contributed by atoms with Gasteiger partial charge in [0, 0.05) is 62.8 Å². The summed E-state index contributed by atoms with van der Waals surface area (Å²) in [6.07, 6.45) is 6.82. The predicted molar refractivity (Wildman–Crippen MR) is 135 cm³/mol. The highest BCUT2D eigenvalue weighted by Gasteiger charge is 2.34. The Balaban J connectivity index is 1.81. The van der Waals surface area contributed by atoms with Crippen molar-refractivity contribution >= 4 is 23.3 Å². The van der Waals surface area contributed by atoms with Crippen LogP contribution >= 0.6 is 0 Å². The number of nitrogens with zero attached hydrogens (tertiary/aromatic N) is 3. The van der Waals surface area contributed by atoms with E-state index in [-0.39, 0.29) is 5.57 Å². The van der Waals surface area contributed by atoms with Gasteiger partial charge in [0.15, 0.2) is 0 Å². The number of hydrogen-bond acceptors (Lipinski definition) is 4. The number of halogens is 2. The van der Waals surface area contributed by atoms with E-state index in [2.05, 4.69) is 47.9 Å². The number of hydrogen-bond donors (Lipinski definition) is 1. The average molecular weight is 455 g/mol. The Kier molecular flexibility index (Phi) is 6.91. The van der Waals surface area contributed by atoms with Crippen LogP contribution in [0.2, 0.25) is 0 Å². The standard InChI is InChI=1S/C27H36F2N4/c1-5-8-20-13-21(15-25-26(20)32(4)12-11-31(25)3)33-10-7-9-19-14-22(18(6-2)17-30)23(27(28)29)16-24(19)33/h6,13,15-17,22,27,30H,5,7-12,14H2,1-4H3/b18-6+,30-17?. The number of allylic oxidation sites excluding steroid dienone is 5. The molecule has 0 radical (unpaired) electrons. The molecular weight excluding hydrogens is 418 g/mol. The van der Waals surface area contributed by atoms with Gasteiger partial charge in [-0.2, -0.15) is 0 Å². The van der Waals surface area contributed by atoms with Gasteiger partial charge >= 0.3 is 0 Å². The number of rotatable bonds is 6. The molecule has 0 saturated heterocycles. The van der Waals surface area contributed by atoms with Gasteiger partial charge in [-0.1, -0.05) is 19.4 Å². The number of aryl methyl sites for hydroxylation is 1. The van der Waals surface area contributed by atoms with E-state index in [9.17, 15) is 8.78 Å². The van der Waals surface area contributed by atoms with Crippen molar-refractivity contribution in [3.8, 4) is 0 Å². The van der Waals surface area contributed by atoms with Crippen LogP contribution in [0.4, 0.5) is 25.8 Å². The van der Waals surface area contributed by atoms with Crippen LogP contribution in [0.5, 0.6) is 0 Å². The predicted octanol–water partition coefficient (Wildman–Crippen LogP) is 6.19. The number of nitrogens with one attached hydrogen (secondary N) is 1. The minimum atomic E-state index is -2.53. The first-order valence-corrected chi connectivity index (χ1v) is 12.1. The first kappa shape index (κ1) is 23.5. The van der Waals surface area contributed by atoms with Crippen molar-refractivity contribution in [2.45, 2.75) is 52.4 Å². The van der Waals surface area contributed by atoms with Crippen LogP contribution in [0.1, 0.15) is 45.1 Å². The van der Waals surface area contributed by atoms with Crippen molar-refractivity contribution in [1.29, 1.82) is 5.41 Å². The third kappa shape index (κ3) is 4.32. The van der Waals surface area contributed by atoms with Crippen molar-refractivity contribution in [2.75, 3.05) is 48.4 Å². The van der Waals surface area contributed by atoms with Crippen LogP contribution in [0, 0.1) is 11.3 Å². The van der Waals surface area contributed by atoms with E-state index in [1.165, 1.54) is 28.7 Å². The fourth-order valence-electron chi connectivity index (χ4n) is 5.62. The van der Waals surface area contributed by atoms with E-state index in [4.69, 9.17) is 5.41 Å². The second-order valence-corrected chi connectivity index (χ2v) is 9.44. The molecule has 0 amide bonds. The summed E-state index contributed by atoms with van der Waals surface area (Å²) < 4.78 is 28.3. The van der Waals surface area contributed by atoms with Crippen molar-refractivity contribution in [1.82, 2.24) is 0 Å². The van der Waals surface area contributed by atoms with E-state index >= 15 is 0 Å². The molecular formula is C27H36F2N4. The molecule has 1 aliphatic carbocycles. The summed E-state index contributed by atoms with van der Waals surface area (Å²) >= 11 is 0. The molecule has 0 saturated carbocycles. The fourth-order valence-corrected chi connectivity index (χ4v) is 5.62. The zero-order chi connectivity index (χ0) is 23.7. The zero-order valence-electron chi connectivity index (χ0n) is 20.3. The average Bonchev–Trinajstić information content (AvgIpc) is 2.81. The molecule has 2 heterocycles. The second-order valence-electron chi connectivity index (χ2n) is 9.44. The third-order valence-electron chi connectivity index (χ3n) is 7.37. The Labute approximate surface area is 196 Å². The summed E-state index contributed by atoms with van der Waals surface area (Å²) in [5.41, 5.74) is 7.96. The summed E-state index contributed by atoms with van der Waals surface area (Å²) in [6.45, 7) is 6.84. The molecule has 1 aromatic carbocycles. The van der Waals surface area contributed by atoms with Crippen molar-refractivity contribution in [2.24, 2.45) is 5.92 Å². The number of anilines is 3. The largest absolute Gasteiger partial charge is 0.371 e. The Hall–Kier alpha value is -2.63. The van der Waals surface area contributed by atoms with Gasteiger partial charge in [-0.15, -0.1) is 0 Å². The van der Waals surface area contributed by atoms with Crippen LogP contribution in [-0.2, 0) is 6.42 Å². The molecule has 0 bridgehead atoms. The lowest BCUT2D eigenvalue weighted by atomic mass is 9.78. The maximum absolute atomic E-state index is 14.2.